The summed E-state index contributed by atoms with van der Waals surface area (Å²) < 4.78 is 0. The third-order valence-electron chi connectivity index (χ3n) is 4.24. The standard InChI is InChI=1S/C21H27N3O2/c1-5-16(4)23-21(26)17-7-9-18(10-8-17)24-20(25)13-22-19-11-6-14(2)12-15(19)3/h6-12,16,22H,5,13H2,1-4H3,(H,23,26)(H,24,25). The molecule has 0 aliphatic rings. The van der Waals surface area contributed by atoms with E-state index in [1.165, 1.54) is 5.56 Å². The Hall–Kier alpha value is -2.82. The zero-order valence-electron chi connectivity index (χ0n) is 15.8. The van der Waals surface area contributed by atoms with Crippen molar-refractivity contribution in [2.45, 2.75) is 40.2 Å². The Labute approximate surface area is 155 Å². The van der Waals surface area contributed by atoms with E-state index in [-0.39, 0.29) is 24.4 Å². The predicted octanol–water partition coefficient (Wildman–Crippen LogP) is 3.88. The maximum Gasteiger partial charge on any atom is 0.251 e. The van der Waals surface area contributed by atoms with Crippen LogP contribution in [0.4, 0.5) is 11.4 Å². The molecule has 0 aliphatic heterocycles. The van der Waals surface area contributed by atoms with Crippen molar-refractivity contribution in [2.75, 3.05) is 17.2 Å². The predicted molar refractivity (Wildman–Crippen MR) is 107 cm³/mol. The van der Waals surface area contributed by atoms with Gasteiger partial charge in [0, 0.05) is 23.0 Å². The monoisotopic (exact) mass is 353 g/mol. The normalized spacial score (nSPS) is 11.5. The Bertz CT molecular complexity index is 769. The highest BCUT2D eigenvalue weighted by molar-refractivity contribution is 5.96. The SMILES string of the molecule is CCC(C)NC(=O)c1ccc(NC(=O)CNc2ccc(C)cc2C)cc1. The molecular formula is C21H27N3O2. The summed E-state index contributed by atoms with van der Waals surface area (Å²) in [6.07, 6.45) is 0.882. The van der Waals surface area contributed by atoms with Gasteiger partial charge < -0.3 is 16.0 Å². The van der Waals surface area contributed by atoms with Crippen LogP contribution in [-0.2, 0) is 4.79 Å². The number of anilines is 2. The number of aryl methyl sites for hydroxylation is 2. The molecule has 0 radical (unpaired) electrons. The van der Waals surface area contributed by atoms with Gasteiger partial charge in [-0.15, -0.1) is 0 Å². The molecule has 2 rings (SSSR count). The number of nitrogens with one attached hydrogen (secondary N) is 3. The first-order valence-corrected chi connectivity index (χ1v) is 8.91. The molecule has 2 amide bonds. The van der Waals surface area contributed by atoms with Crippen LogP contribution in [0, 0.1) is 13.8 Å². The van der Waals surface area contributed by atoms with Gasteiger partial charge in [0.05, 0.1) is 6.54 Å². The average molecular weight is 353 g/mol. The van der Waals surface area contributed by atoms with Crippen molar-refractivity contribution in [2.24, 2.45) is 0 Å². The molecule has 26 heavy (non-hydrogen) atoms. The van der Waals surface area contributed by atoms with Crippen LogP contribution in [0.25, 0.3) is 0 Å². The van der Waals surface area contributed by atoms with E-state index in [1.54, 1.807) is 24.3 Å². The molecule has 2 aromatic rings. The second kappa shape index (κ2) is 9.04. The van der Waals surface area contributed by atoms with Crippen LogP contribution in [0.1, 0.15) is 41.8 Å². The summed E-state index contributed by atoms with van der Waals surface area (Å²) in [4.78, 5) is 24.2. The lowest BCUT2D eigenvalue weighted by Gasteiger charge is -2.12. The molecule has 1 unspecified atom stereocenters. The van der Waals surface area contributed by atoms with Gasteiger partial charge in [-0.25, -0.2) is 0 Å². The number of amides is 2. The van der Waals surface area contributed by atoms with Crippen molar-refractivity contribution in [3.8, 4) is 0 Å². The summed E-state index contributed by atoms with van der Waals surface area (Å²) in [5.41, 5.74) is 4.49. The summed E-state index contributed by atoms with van der Waals surface area (Å²) in [7, 11) is 0. The molecule has 0 aromatic heterocycles. The van der Waals surface area contributed by atoms with Gasteiger partial charge in [-0.1, -0.05) is 24.6 Å². The summed E-state index contributed by atoms with van der Waals surface area (Å²) >= 11 is 0. The second-order valence-electron chi connectivity index (χ2n) is 6.58. The molecule has 5 heteroatoms. The minimum absolute atomic E-state index is 0.103. The first-order valence-electron chi connectivity index (χ1n) is 8.91. The van der Waals surface area contributed by atoms with Gasteiger partial charge >= 0.3 is 0 Å². The minimum atomic E-state index is -0.137. The molecule has 0 fully saturated rings. The van der Waals surface area contributed by atoms with E-state index in [0.717, 1.165) is 17.7 Å². The molecule has 5 nitrogen and oxygen atoms in total. The topological polar surface area (TPSA) is 70.2 Å². The van der Waals surface area contributed by atoms with Gasteiger partial charge in [-0.3, -0.25) is 9.59 Å². The molecule has 0 saturated heterocycles. The molecule has 3 N–H and O–H groups in total. The van der Waals surface area contributed by atoms with Crippen molar-refractivity contribution in [1.29, 1.82) is 0 Å². The number of hydrogen-bond acceptors (Lipinski definition) is 3. The van der Waals surface area contributed by atoms with Crippen molar-refractivity contribution in [3.05, 3.63) is 59.2 Å². The van der Waals surface area contributed by atoms with E-state index in [1.807, 2.05) is 39.8 Å². The lowest BCUT2D eigenvalue weighted by Crippen LogP contribution is -2.31. The van der Waals surface area contributed by atoms with E-state index in [9.17, 15) is 9.59 Å². The molecular weight excluding hydrogens is 326 g/mol. The summed E-state index contributed by atoms with van der Waals surface area (Å²) in [5.74, 6) is -0.240. The van der Waals surface area contributed by atoms with Crippen LogP contribution in [0.5, 0.6) is 0 Å². The van der Waals surface area contributed by atoms with Crippen LogP contribution in [0.2, 0.25) is 0 Å². The molecule has 0 heterocycles. The quantitative estimate of drug-likeness (QED) is 0.707. The van der Waals surface area contributed by atoms with E-state index in [4.69, 9.17) is 0 Å². The minimum Gasteiger partial charge on any atom is -0.376 e. The largest absolute Gasteiger partial charge is 0.376 e. The molecule has 0 bridgehead atoms. The number of carbonyl (C=O) groups is 2. The highest BCUT2D eigenvalue weighted by Gasteiger charge is 2.09. The third-order valence-corrected chi connectivity index (χ3v) is 4.24. The molecule has 0 saturated carbocycles. The van der Waals surface area contributed by atoms with Gasteiger partial charge in [-0.2, -0.15) is 0 Å². The first kappa shape index (κ1) is 19.5. The molecule has 0 aliphatic carbocycles. The van der Waals surface area contributed by atoms with E-state index >= 15 is 0 Å². The van der Waals surface area contributed by atoms with Crippen LogP contribution in [0.3, 0.4) is 0 Å². The summed E-state index contributed by atoms with van der Waals surface area (Å²) in [6, 6.07) is 13.1. The molecule has 138 valence electrons. The van der Waals surface area contributed by atoms with Gasteiger partial charge in [-0.05, 0) is 63.1 Å². The number of rotatable bonds is 7. The van der Waals surface area contributed by atoms with Crippen molar-refractivity contribution < 1.29 is 9.59 Å². The number of carbonyl (C=O) groups excluding carboxylic acids is 2. The fourth-order valence-electron chi connectivity index (χ4n) is 2.51. The third kappa shape index (κ3) is 5.62. The molecule has 2 aromatic carbocycles. The van der Waals surface area contributed by atoms with Gasteiger partial charge in [0.1, 0.15) is 0 Å². The Balaban J connectivity index is 1.88. The molecule has 0 spiro atoms. The summed E-state index contributed by atoms with van der Waals surface area (Å²) in [5, 5.41) is 8.89. The van der Waals surface area contributed by atoms with Crippen LogP contribution in [-0.4, -0.2) is 24.4 Å². The maximum atomic E-state index is 12.1. The Kier molecular flexibility index (Phi) is 6.78. The maximum absolute atomic E-state index is 12.1. The smallest absolute Gasteiger partial charge is 0.251 e. The highest BCUT2D eigenvalue weighted by atomic mass is 16.2. The first-order chi connectivity index (χ1) is 12.4. The van der Waals surface area contributed by atoms with E-state index < -0.39 is 0 Å². The number of hydrogen-bond donors (Lipinski definition) is 3. The van der Waals surface area contributed by atoms with E-state index in [0.29, 0.717) is 11.3 Å². The Morgan fingerprint density at radius 2 is 1.73 bits per heavy atom. The van der Waals surface area contributed by atoms with Crippen molar-refractivity contribution in [3.63, 3.8) is 0 Å². The fourth-order valence-corrected chi connectivity index (χ4v) is 2.51. The van der Waals surface area contributed by atoms with Gasteiger partial charge in [0.2, 0.25) is 5.91 Å². The van der Waals surface area contributed by atoms with Crippen LogP contribution < -0.4 is 16.0 Å². The zero-order valence-corrected chi connectivity index (χ0v) is 15.8. The zero-order chi connectivity index (χ0) is 19.1. The van der Waals surface area contributed by atoms with Gasteiger partial charge in [0.25, 0.3) is 5.91 Å². The fraction of sp³-hybridized carbons (Fsp3) is 0.333. The Morgan fingerprint density at radius 3 is 2.35 bits per heavy atom. The van der Waals surface area contributed by atoms with Crippen LogP contribution >= 0.6 is 0 Å². The van der Waals surface area contributed by atoms with E-state index in [2.05, 4.69) is 22.0 Å². The highest BCUT2D eigenvalue weighted by Crippen LogP contribution is 2.16. The Morgan fingerprint density at radius 1 is 1.04 bits per heavy atom. The van der Waals surface area contributed by atoms with Crippen molar-refractivity contribution >= 4 is 23.2 Å². The van der Waals surface area contributed by atoms with Gasteiger partial charge in [0.15, 0.2) is 0 Å². The summed E-state index contributed by atoms with van der Waals surface area (Å²) in [6.45, 7) is 8.22. The number of benzene rings is 2. The average Bonchev–Trinajstić information content (AvgIpc) is 2.61. The van der Waals surface area contributed by atoms with Crippen molar-refractivity contribution in [1.82, 2.24) is 5.32 Å². The lowest BCUT2D eigenvalue weighted by molar-refractivity contribution is -0.114. The molecule has 1 atom stereocenters. The van der Waals surface area contributed by atoms with Crippen LogP contribution in [0.15, 0.2) is 42.5 Å². The lowest BCUT2D eigenvalue weighted by atomic mass is 10.1. The second-order valence-corrected chi connectivity index (χ2v) is 6.58.